The van der Waals surface area contributed by atoms with Crippen molar-refractivity contribution in [3.8, 4) is 0 Å². The third kappa shape index (κ3) is 0.848. The van der Waals surface area contributed by atoms with Gasteiger partial charge in [-0.1, -0.05) is 24.3 Å². The normalized spacial score (nSPS) is 17.8. The van der Waals surface area contributed by atoms with Crippen molar-refractivity contribution in [2.45, 2.75) is 6.92 Å². The van der Waals surface area contributed by atoms with Gasteiger partial charge in [-0.15, -0.1) is 0 Å². The Labute approximate surface area is 70.9 Å². The summed E-state index contributed by atoms with van der Waals surface area (Å²) in [7, 11) is 0. The molecule has 0 saturated carbocycles. The molecule has 1 amide bonds. The second-order valence-corrected chi connectivity index (χ2v) is 2.70. The van der Waals surface area contributed by atoms with Crippen LogP contribution in [0.1, 0.15) is 22.8 Å². The molecule has 1 aromatic carbocycles. The smallest absolute Gasteiger partial charge is 0.256 e. The first-order valence-electron chi connectivity index (χ1n) is 3.90. The number of fused-ring (bicyclic) bond motifs is 1. The van der Waals surface area contributed by atoms with Crippen molar-refractivity contribution in [2.24, 2.45) is 0 Å². The molecule has 0 atom stereocenters. The highest BCUT2D eigenvalue weighted by molar-refractivity contribution is 6.09. The molecule has 0 unspecified atom stereocenters. The highest BCUT2D eigenvalue weighted by Crippen LogP contribution is 2.23. The molecule has 12 heavy (non-hydrogen) atoms. The first-order chi connectivity index (χ1) is 5.83. The van der Waals surface area contributed by atoms with E-state index >= 15 is 0 Å². The van der Waals surface area contributed by atoms with Crippen LogP contribution in [0.2, 0.25) is 0 Å². The number of hydrogen-bond acceptors (Lipinski definition) is 1. The zero-order chi connectivity index (χ0) is 8.55. The lowest BCUT2D eigenvalue weighted by Crippen LogP contribution is -2.11. The van der Waals surface area contributed by atoms with Gasteiger partial charge in [-0.2, -0.15) is 0 Å². The lowest BCUT2D eigenvalue weighted by Gasteiger charge is -1.95. The summed E-state index contributed by atoms with van der Waals surface area (Å²) in [4.78, 5) is 11.3. The molecule has 60 valence electrons. The average Bonchev–Trinajstić information content (AvgIpc) is 2.44. The van der Waals surface area contributed by atoms with E-state index in [1.165, 1.54) is 0 Å². The fourth-order valence-corrected chi connectivity index (χ4v) is 1.40. The number of benzene rings is 1. The van der Waals surface area contributed by atoms with E-state index in [2.05, 4.69) is 5.32 Å². The minimum Gasteiger partial charge on any atom is -0.322 e. The highest BCUT2D eigenvalue weighted by atomic mass is 16.1. The van der Waals surface area contributed by atoms with Crippen LogP contribution in [0.15, 0.2) is 30.3 Å². The van der Waals surface area contributed by atoms with E-state index in [0.29, 0.717) is 0 Å². The van der Waals surface area contributed by atoms with Crippen molar-refractivity contribution in [3.05, 3.63) is 41.5 Å². The molecule has 0 fully saturated rings. The molecule has 0 bridgehead atoms. The van der Waals surface area contributed by atoms with Gasteiger partial charge in [0.2, 0.25) is 0 Å². The van der Waals surface area contributed by atoms with Gasteiger partial charge in [0.1, 0.15) is 0 Å². The second-order valence-electron chi connectivity index (χ2n) is 2.70. The van der Waals surface area contributed by atoms with Crippen molar-refractivity contribution in [3.63, 3.8) is 0 Å². The Morgan fingerprint density at radius 1 is 1.25 bits per heavy atom. The summed E-state index contributed by atoms with van der Waals surface area (Å²) in [5, 5.41) is 2.79. The van der Waals surface area contributed by atoms with Gasteiger partial charge in [0.25, 0.3) is 5.91 Å². The van der Waals surface area contributed by atoms with Crippen LogP contribution in [0.5, 0.6) is 0 Å². The summed E-state index contributed by atoms with van der Waals surface area (Å²) in [6.07, 6.45) is 1.91. The zero-order valence-electron chi connectivity index (χ0n) is 6.79. The number of carbonyl (C=O) groups excluding carboxylic acids is 1. The molecule has 0 aliphatic carbocycles. The number of allylic oxidation sites excluding steroid dienone is 1. The van der Waals surface area contributed by atoms with Crippen LogP contribution in [0.3, 0.4) is 0 Å². The standard InChI is InChI=1S/C10H9NO/c1-2-9-7-5-3-4-6-8(7)10(12)11-9/h2-6H,1H3,(H,11,12). The minimum absolute atomic E-state index is 0.00120. The predicted molar refractivity (Wildman–Crippen MR) is 47.6 cm³/mol. The molecule has 0 spiro atoms. The average molecular weight is 159 g/mol. The first kappa shape index (κ1) is 7.10. The molecular formula is C10H9NO. The first-order valence-corrected chi connectivity index (χ1v) is 3.90. The van der Waals surface area contributed by atoms with Crippen molar-refractivity contribution >= 4 is 11.6 Å². The molecular weight excluding hydrogens is 150 g/mol. The summed E-state index contributed by atoms with van der Waals surface area (Å²) in [5.41, 5.74) is 2.69. The lowest BCUT2D eigenvalue weighted by molar-refractivity contribution is 0.0981. The molecule has 1 N–H and O–H groups in total. The van der Waals surface area contributed by atoms with Gasteiger partial charge < -0.3 is 5.32 Å². The highest BCUT2D eigenvalue weighted by Gasteiger charge is 2.21. The van der Waals surface area contributed by atoms with Crippen molar-refractivity contribution in [1.29, 1.82) is 0 Å². The van der Waals surface area contributed by atoms with Crippen LogP contribution in [-0.4, -0.2) is 5.91 Å². The number of hydrogen-bond donors (Lipinski definition) is 1. The monoisotopic (exact) mass is 159 g/mol. The minimum atomic E-state index is -0.00120. The molecule has 0 saturated heterocycles. The van der Waals surface area contributed by atoms with Gasteiger partial charge in [-0.3, -0.25) is 4.79 Å². The zero-order valence-corrected chi connectivity index (χ0v) is 6.79. The van der Waals surface area contributed by atoms with E-state index in [1.807, 2.05) is 37.3 Å². The lowest BCUT2D eigenvalue weighted by atomic mass is 10.1. The fourth-order valence-electron chi connectivity index (χ4n) is 1.40. The van der Waals surface area contributed by atoms with Crippen LogP contribution in [0.4, 0.5) is 0 Å². The third-order valence-corrected chi connectivity index (χ3v) is 2.00. The topological polar surface area (TPSA) is 29.1 Å². The van der Waals surface area contributed by atoms with Crippen LogP contribution >= 0.6 is 0 Å². The molecule has 0 aromatic heterocycles. The van der Waals surface area contributed by atoms with Gasteiger partial charge in [-0.05, 0) is 13.0 Å². The van der Waals surface area contributed by atoms with Crippen LogP contribution in [0, 0.1) is 0 Å². The Kier molecular flexibility index (Phi) is 1.47. The summed E-state index contributed by atoms with van der Waals surface area (Å²) < 4.78 is 0. The fraction of sp³-hybridized carbons (Fsp3) is 0.100. The maximum Gasteiger partial charge on any atom is 0.256 e. The van der Waals surface area contributed by atoms with Crippen molar-refractivity contribution < 1.29 is 4.79 Å². The Hall–Kier alpha value is -1.57. The maximum atomic E-state index is 11.3. The van der Waals surface area contributed by atoms with Gasteiger partial charge in [0, 0.05) is 16.8 Å². The summed E-state index contributed by atoms with van der Waals surface area (Å²) in [5.74, 6) is -0.00120. The summed E-state index contributed by atoms with van der Waals surface area (Å²) in [6, 6.07) is 7.59. The van der Waals surface area contributed by atoms with Gasteiger partial charge in [0.15, 0.2) is 0 Å². The predicted octanol–water partition coefficient (Wildman–Crippen LogP) is 1.79. The SMILES string of the molecule is CC=C1NC(=O)c2ccccc21. The van der Waals surface area contributed by atoms with Gasteiger partial charge >= 0.3 is 0 Å². The van der Waals surface area contributed by atoms with E-state index in [1.54, 1.807) is 0 Å². The molecule has 2 rings (SSSR count). The Morgan fingerprint density at radius 2 is 1.92 bits per heavy atom. The van der Waals surface area contributed by atoms with Gasteiger partial charge in [0.05, 0.1) is 0 Å². The number of rotatable bonds is 0. The van der Waals surface area contributed by atoms with Crippen LogP contribution in [0.25, 0.3) is 5.70 Å². The van der Waals surface area contributed by atoms with E-state index in [9.17, 15) is 4.79 Å². The third-order valence-electron chi connectivity index (χ3n) is 2.00. The molecule has 2 heteroatoms. The quantitative estimate of drug-likeness (QED) is 0.614. The summed E-state index contributed by atoms with van der Waals surface area (Å²) >= 11 is 0. The molecule has 1 heterocycles. The molecule has 1 aromatic rings. The van der Waals surface area contributed by atoms with E-state index < -0.39 is 0 Å². The molecule has 2 nitrogen and oxygen atoms in total. The Bertz CT molecular complexity index is 366. The Morgan fingerprint density at radius 3 is 2.58 bits per heavy atom. The van der Waals surface area contributed by atoms with E-state index in [0.717, 1.165) is 16.8 Å². The molecule has 0 radical (unpaired) electrons. The molecule has 1 aliphatic rings. The molecule has 1 aliphatic heterocycles. The van der Waals surface area contributed by atoms with Gasteiger partial charge in [-0.25, -0.2) is 0 Å². The second kappa shape index (κ2) is 2.48. The Balaban J connectivity index is 2.65. The number of nitrogens with one attached hydrogen (secondary N) is 1. The number of carbonyl (C=O) groups is 1. The summed E-state index contributed by atoms with van der Waals surface area (Å²) in [6.45, 7) is 1.91. The maximum absolute atomic E-state index is 11.3. The van der Waals surface area contributed by atoms with Crippen molar-refractivity contribution in [2.75, 3.05) is 0 Å². The largest absolute Gasteiger partial charge is 0.322 e. The van der Waals surface area contributed by atoms with E-state index in [4.69, 9.17) is 0 Å². The number of amides is 1. The van der Waals surface area contributed by atoms with Crippen molar-refractivity contribution in [1.82, 2.24) is 5.32 Å². The van der Waals surface area contributed by atoms with Crippen LogP contribution < -0.4 is 5.32 Å². The van der Waals surface area contributed by atoms with E-state index in [-0.39, 0.29) is 5.91 Å². The van der Waals surface area contributed by atoms with Crippen LogP contribution in [-0.2, 0) is 0 Å².